The number of likely N-dealkylation sites (N-methyl/N-ethyl adjacent to an activating group) is 1. The highest BCUT2D eigenvalue weighted by atomic mass is 16.1. The SMILES string of the molecule is CN(Cc1ccccc1)[C@@H]1Cc2cccc3[nH]c(=O)n(c23)C1. The summed E-state index contributed by atoms with van der Waals surface area (Å²) in [4.78, 5) is 17.5. The third-order valence-electron chi connectivity index (χ3n) is 4.62. The maximum Gasteiger partial charge on any atom is 0.326 e. The average Bonchev–Trinajstić information content (AvgIpc) is 2.86. The first-order valence-corrected chi connectivity index (χ1v) is 7.67. The summed E-state index contributed by atoms with van der Waals surface area (Å²) >= 11 is 0. The minimum atomic E-state index is 0.000242. The monoisotopic (exact) mass is 293 g/mol. The van der Waals surface area contributed by atoms with Gasteiger partial charge in [-0.1, -0.05) is 42.5 Å². The van der Waals surface area contributed by atoms with Crippen LogP contribution in [0.4, 0.5) is 0 Å². The number of H-pyrrole nitrogens is 1. The number of aromatic nitrogens is 2. The molecule has 2 aromatic carbocycles. The van der Waals surface area contributed by atoms with Gasteiger partial charge in [0.2, 0.25) is 0 Å². The highest BCUT2D eigenvalue weighted by Crippen LogP contribution is 2.25. The van der Waals surface area contributed by atoms with Gasteiger partial charge in [0, 0.05) is 19.1 Å². The van der Waals surface area contributed by atoms with Gasteiger partial charge in [-0.15, -0.1) is 0 Å². The van der Waals surface area contributed by atoms with Crippen molar-refractivity contribution >= 4 is 11.0 Å². The van der Waals surface area contributed by atoms with Gasteiger partial charge in [-0.05, 0) is 30.7 Å². The van der Waals surface area contributed by atoms with Gasteiger partial charge in [0.15, 0.2) is 0 Å². The zero-order valence-electron chi connectivity index (χ0n) is 12.6. The molecule has 1 aliphatic heterocycles. The highest BCUT2D eigenvalue weighted by molar-refractivity contribution is 5.79. The molecule has 1 aromatic heterocycles. The van der Waals surface area contributed by atoms with Crippen molar-refractivity contribution in [1.82, 2.24) is 14.5 Å². The molecule has 0 aliphatic carbocycles. The summed E-state index contributed by atoms with van der Waals surface area (Å²) in [7, 11) is 2.14. The van der Waals surface area contributed by atoms with Crippen molar-refractivity contribution in [3.05, 3.63) is 70.1 Å². The number of rotatable bonds is 3. The number of nitrogens with zero attached hydrogens (tertiary/aromatic N) is 2. The van der Waals surface area contributed by atoms with Gasteiger partial charge in [0.1, 0.15) is 0 Å². The molecule has 112 valence electrons. The fourth-order valence-corrected chi connectivity index (χ4v) is 3.46. The number of hydrogen-bond donors (Lipinski definition) is 1. The van der Waals surface area contributed by atoms with Crippen LogP contribution in [0.5, 0.6) is 0 Å². The molecule has 1 atom stereocenters. The van der Waals surface area contributed by atoms with E-state index in [1.54, 1.807) is 0 Å². The molecule has 4 rings (SSSR count). The molecule has 0 radical (unpaired) electrons. The lowest BCUT2D eigenvalue weighted by atomic mass is 9.99. The van der Waals surface area contributed by atoms with Crippen LogP contribution in [0.3, 0.4) is 0 Å². The molecule has 0 bridgehead atoms. The van der Waals surface area contributed by atoms with Crippen LogP contribution in [0.15, 0.2) is 53.3 Å². The summed E-state index contributed by atoms with van der Waals surface area (Å²) in [6.07, 6.45) is 0.984. The van der Waals surface area contributed by atoms with Gasteiger partial charge in [0.25, 0.3) is 0 Å². The third kappa shape index (κ3) is 2.16. The van der Waals surface area contributed by atoms with Crippen molar-refractivity contribution < 1.29 is 0 Å². The summed E-state index contributed by atoms with van der Waals surface area (Å²) in [6, 6.07) is 16.9. The molecule has 22 heavy (non-hydrogen) atoms. The van der Waals surface area contributed by atoms with Crippen LogP contribution in [0, 0.1) is 0 Å². The van der Waals surface area contributed by atoms with Crippen molar-refractivity contribution in [2.24, 2.45) is 0 Å². The molecule has 0 fully saturated rings. The number of aromatic amines is 1. The molecule has 2 heterocycles. The number of benzene rings is 2. The Morgan fingerprint density at radius 2 is 2.00 bits per heavy atom. The van der Waals surface area contributed by atoms with Crippen LogP contribution < -0.4 is 5.69 Å². The third-order valence-corrected chi connectivity index (χ3v) is 4.62. The van der Waals surface area contributed by atoms with Crippen LogP contribution in [0.1, 0.15) is 11.1 Å². The van der Waals surface area contributed by atoms with Gasteiger partial charge in [-0.3, -0.25) is 9.47 Å². The first-order valence-electron chi connectivity index (χ1n) is 7.67. The Morgan fingerprint density at radius 1 is 1.18 bits per heavy atom. The summed E-state index contributed by atoms with van der Waals surface area (Å²) < 4.78 is 1.89. The topological polar surface area (TPSA) is 41.0 Å². The Balaban J connectivity index is 1.64. The Labute approximate surface area is 129 Å². The normalized spacial score (nSPS) is 17.3. The molecule has 0 saturated carbocycles. The van der Waals surface area contributed by atoms with E-state index in [2.05, 4.69) is 47.3 Å². The molecule has 4 heteroatoms. The van der Waals surface area contributed by atoms with E-state index in [1.165, 1.54) is 11.1 Å². The van der Waals surface area contributed by atoms with E-state index in [-0.39, 0.29) is 5.69 Å². The quantitative estimate of drug-likeness (QED) is 0.805. The molecule has 4 nitrogen and oxygen atoms in total. The van der Waals surface area contributed by atoms with E-state index in [4.69, 9.17) is 0 Å². The lowest BCUT2D eigenvalue weighted by molar-refractivity contribution is 0.205. The van der Waals surface area contributed by atoms with Crippen molar-refractivity contribution in [3.8, 4) is 0 Å². The van der Waals surface area contributed by atoms with E-state index in [0.29, 0.717) is 6.04 Å². The molecule has 0 spiro atoms. The van der Waals surface area contributed by atoms with E-state index in [1.807, 2.05) is 22.8 Å². The van der Waals surface area contributed by atoms with Gasteiger partial charge in [-0.2, -0.15) is 0 Å². The van der Waals surface area contributed by atoms with Crippen molar-refractivity contribution in [1.29, 1.82) is 0 Å². The first kappa shape index (κ1) is 13.3. The second-order valence-corrected chi connectivity index (χ2v) is 6.11. The highest BCUT2D eigenvalue weighted by Gasteiger charge is 2.25. The average molecular weight is 293 g/mol. The van der Waals surface area contributed by atoms with Crippen LogP contribution >= 0.6 is 0 Å². The van der Waals surface area contributed by atoms with Crippen LogP contribution in [0.25, 0.3) is 11.0 Å². The maximum atomic E-state index is 12.2. The largest absolute Gasteiger partial charge is 0.326 e. The van der Waals surface area contributed by atoms with E-state index >= 15 is 0 Å². The second kappa shape index (κ2) is 5.14. The lowest BCUT2D eigenvalue weighted by Crippen LogP contribution is -2.41. The fourth-order valence-electron chi connectivity index (χ4n) is 3.46. The second-order valence-electron chi connectivity index (χ2n) is 6.11. The number of nitrogens with one attached hydrogen (secondary N) is 1. The summed E-state index contributed by atoms with van der Waals surface area (Å²) in [5.41, 5.74) is 4.59. The van der Waals surface area contributed by atoms with Gasteiger partial charge in [-0.25, -0.2) is 4.79 Å². The minimum absolute atomic E-state index is 0.000242. The van der Waals surface area contributed by atoms with Crippen LogP contribution in [-0.2, 0) is 19.5 Å². The molecule has 0 saturated heterocycles. The standard InChI is InChI=1S/C18H19N3O/c1-20(11-13-6-3-2-4-7-13)15-10-14-8-5-9-16-17(14)21(12-15)18(22)19-16/h2-9,15H,10-12H2,1H3,(H,19,22)/t15-/m1/s1. The van der Waals surface area contributed by atoms with Gasteiger partial charge < -0.3 is 4.98 Å². The zero-order chi connectivity index (χ0) is 15.1. The molecule has 0 amide bonds. The maximum absolute atomic E-state index is 12.2. The molecule has 3 aromatic rings. The Morgan fingerprint density at radius 3 is 2.82 bits per heavy atom. The minimum Gasteiger partial charge on any atom is -0.306 e. The van der Waals surface area contributed by atoms with Crippen molar-refractivity contribution in [3.63, 3.8) is 0 Å². The predicted molar refractivity (Wildman–Crippen MR) is 88.0 cm³/mol. The lowest BCUT2D eigenvalue weighted by Gasteiger charge is -2.32. The van der Waals surface area contributed by atoms with Crippen molar-refractivity contribution in [2.75, 3.05) is 7.05 Å². The molecule has 0 unspecified atom stereocenters. The van der Waals surface area contributed by atoms with Crippen molar-refractivity contribution in [2.45, 2.75) is 25.6 Å². The summed E-state index contributed by atoms with van der Waals surface area (Å²) in [6.45, 7) is 1.65. The molecule has 1 N–H and O–H groups in total. The fraction of sp³-hybridized carbons (Fsp3) is 0.278. The van der Waals surface area contributed by atoms with Crippen LogP contribution in [0.2, 0.25) is 0 Å². The number of hydrogen-bond acceptors (Lipinski definition) is 2. The van der Waals surface area contributed by atoms with Gasteiger partial charge in [0.05, 0.1) is 11.0 Å². The Kier molecular flexibility index (Phi) is 3.12. The summed E-state index contributed by atoms with van der Waals surface area (Å²) in [5, 5.41) is 0. The predicted octanol–water partition coefficient (Wildman–Crippen LogP) is 2.39. The smallest absolute Gasteiger partial charge is 0.306 e. The van der Waals surface area contributed by atoms with Gasteiger partial charge >= 0.3 is 5.69 Å². The van der Waals surface area contributed by atoms with E-state index in [9.17, 15) is 4.79 Å². The first-order chi connectivity index (χ1) is 10.7. The Hall–Kier alpha value is -2.33. The Bertz CT molecular complexity index is 863. The molecule has 1 aliphatic rings. The van der Waals surface area contributed by atoms with E-state index < -0.39 is 0 Å². The summed E-state index contributed by atoms with van der Waals surface area (Å²) in [5.74, 6) is 0. The number of imidazole rings is 1. The zero-order valence-corrected chi connectivity index (χ0v) is 12.6. The molecular weight excluding hydrogens is 274 g/mol. The molecular formula is C18H19N3O. The van der Waals surface area contributed by atoms with E-state index in [0.717, 1.165) is 30.5 Å². The number of para-hydroxylation sites is 1. The van der Waals surface area contributed by atoms with Crippen LogP contribution in [-0.4, -0.2) is 27.5 Å².